The molecule has 0 radical (unpaired) electrons. The lowest BCUT2D eigenvalue weighted by Gasteiger charge is -2.31. The maximum absolute atomic E-state index is 4.45. The van der Waals surface area contributed by atoms with Crippen LogP contribution >= 0.6 is 27.2 Å². The van der Waals surface area contributed by atoms with Gasteiger partial charge in [0.15, 0.2) is 0 Å². The van der Waals surface area contributed by atoms with Crippen LogP contribution in [0, 0.1) is 0 Å². The molecule has 1 aromatic carbocycles. The van der Waals surface area contributed by atoms with Crippen LogP contribution in [0.2, 0.25) is 0 Å². The average molecular weight is 431 g/mol. The van der Waals surface area contributed by atoms with Crippen molar-refractivity contribution in [1.29, 1.82) is 0 Å². The molecule has 4 rings (SSSR count). The van der Waals surface area contributed by atoms with Crippen LogP contribution in [-0.4, -0.2) is 22.6 Å². The number of thiophene rings is 1. The van der Waals surface area contributed by atoms with Crippen molar-refractivity contribution in [2.45, 2.75) is 95.3 Å². The van der Waals surface area contributed by atoms with Gasteiger partial charge in [0, 0.05) is 25.7 Å². The summed E-state index contributed by atoms with van der Waals surface area (Å²) in [5.41, 5.74) is 4.99. The third-order valence-corrected chi connectivity index (χ3v) is 16.6. The summed E-state index contributed by atoms with van der Waals surface area (Å²) in [6, 6.07) is 9.37. The van der Waals surface area contributed by atoms with Gasteiger partial charge in [-0.2, -0.15) is 0 Å². The van der Waals surface area contributed by atoms with E-state index in [9.17, 15) is 0 Å². The Kier molecular flexibility index (Phi) is 6.67. The highest BCUT2D eigenvalue weighted by Crippen LogP contribution is 2.63. The zero-order chi connectivity index (χ0) is 19.8. The number of fused-ring (bicyclic) bond motifs is 1. The molecule has 0 amide bonds. The van der Waals surface area contributed by atoms with Crippen LogP contribution in [0.25, 0.3) is 10.1 Å². The monoisotopic (exact) mass is 430 g/mol. The Morgan fingerprint density at radius 1 is 0.929 bits per heavy atom. The van der Waals surface area contributed by atoms with Crippen molar-refractivity contribution >= 4 is 47.2 Å². The molecule has 5 atom stereocenters. The van der Waals surface area contributed by atoms with Gasteiger partial charge in [0.25, 0.3) is 0 Å². The van der Waals surface area contributed by atoms with Gasteiger partial charge in [-0.05, 0) is 74.9 Å². The Morgan fingerprint density at radius 2 is 1.50 bits per heavy atom. The second-order valence-corrected chi connectivity index (χ2v) is 15.5. The molecule has 2 saturated heterocycles. The lowest BCUT2D eigenvalue weighted by molar-refractivity contribution is 0.696. The molecular formula is C25H36P2S. The van der Waals surface area contributed by atoms with Crippen LogP contribution in [0.15, 0.2) is 36.4 Å². The molecule has 0 bridgehead atoms. The van der Waals surface area contributed by atoms with Gasteiger partial charge < -0.3 is 0 Å². The van der Waals surface area contributed by atoms with Gasteiger partial charge in [0.1, 0.15) is 0 Å². The van der Waals surface area contributed by atoms with Crippen LogP contribution in [0.1, 0.15) is 72.6 Å². The lowest BCUT2D eigenvalue weighted by Crippen LogP contribution is -2.27. The molecule has 0 saturated carbocycles. The van der Waals surface area contributed by atoms with Crippen molar-refractivity contribution in [1.82, 2.24) is 0 Å². The maximum Gasteiger partial charge on any atom is 0.0376 e. The Hall–Kier alpha value is -0.220. The van der Waals surface area contributed by atoms with Crippen molar-refractivity contribution < 1.29 is 0 Å². The van der Waals surface area contributed by atoms with Gasteiger partial charge in [-0.15, -0.1) is 11.3 Å². The van der Waals surface area contributed by atoms with E-state index in [0.29, 0.717) is 0 Å². The highest BCUT2D eigenvalue weighted by atomic mass is 32.1. The normalized spacial score (nSPS) is 31.1. The predicted octanol–water partition coefficient (Wildman–Crippen LogP) is 7.98. The van der Waals surface area contributed by atoms with Gasteiger partial charge in [-0.25, -0.2) is 0 Å². The zero-order valence-electron chi connectivity index (χ0n) is 18.1. The summed E-state index contributed by atoms with van der Waals surface area (Å²) in [5.74, 6) is 0. The molecular weight excluding hydrogens is 394 g/mol. The van der Waals surface area contributed by atoms with Crippen LogP contribution in [0.3, 0.4) is 0 Å². The van der Waals surface area contributed by atoms with Crippen molar-refractivity contribution in [3.05, 3.63) is 36.4 Å². The van der Waals surface area contributed by atoms with E-state index in [-0.39, 0.29) is 15.8 Å². The second-order valence-electron chi connectivity index (χ2n) is 8.77. The first-order valence-electron chi connectivity index (χ1n) is 11.3. The van der Waals surface area contributed by atoms with Gasteiger partial charge in [0.05, 0.1) is 0 Å². The molecule has 28 heavy (non-hydrogen) atoms. The fraction of sp³-hybridized carbons (Fsp3) is 0.600. The number of benzene rings is 1. The second kappa shape index (κ2) is 8.88. The average Bonchev–Trinajstić information content (AvgIpc) is 3.40. The third kappa shape index (κ3) is 3.55. The first-order chi connectivity index (χ1) is 13.6. The molecule has 152 valence electrons. The fourth-order valence-corrected chi connectivity index (χ4v) is 16.1. The first-order valence-corrected chi connectivity index (χ1v) is 15.1. The molecule has 1 aromatic heterocycles. The summed E-state index contributed by atoms with van der Waals surface area (Å²) in [5, 5.41) is 3.49. The summed E-state index contributed by atoms with van der Waals surface area (Å²) in [6.45, 7) is 14.1. The summed E-state index contributed by atoms with van der Waals surface area (Å²) in [7, 11) is -0.136. The first kappa shape index (κ1) is 21.0. The summed E-state index contributed by atoms with van der Waals surface area (Å²) in [4.78, 5) is 0. The Labute approximate surface area is 178 Å². The minimum atomic E-state index is -0.103. The SMILES string of the molecule is C=C(C)[C@@H]1CC[C@@H](CC)P1c1sc2ccccc2c1P1[C@H](CC)CC[C@H]1CC. The summed E-state index contributed by atoms with van der Waals surface area (Å²) >= 11 is 2.18. The van der Waals surface area contributed by atoms with E-state index >= 15 is 0 Å². The molecule has 2 aliphatic heterocycles. The van der Waals surface area contributed by atoms with Gasteiger partial charge in [-0.3, -0.25) is 0 Å². The Balaban J connectivity index is 1.91. The fourth-order valence-electron chi connectivity index (χ4n) is 5.65. The molecule has 0 aliphatic carbocycles. The molecule has 3 heteroatoms. The minimum Gasteiger partial charge on any atom is -0.135 e. The summed E-state index contributed by atoms with van der Waals surface area (Å²) < 4.78 is 3.40. The van der Waals surface area contributed by atoms with E-state index in [1.807, 2.05) is 9.92 Å². The summed E-state index contributed by atoms with van der Waals surface area (Å²) in [6.07, 6.45) is 9.79. The third-order valence-electron chi connectivity index (χ3n) is 7.15. The topological polar surface area (TPSA) is 0 Å². The van der Waals surface area contributed by atoms with Gasteiger partial charge >= 0.3 is 0 Å². The molecule has 0 spiro atoms. The van der Waals surface area contributed by atoms with E-state index in [0.717, 1.165) is 22.6 Å². The van der Waals surface area contributed by atoms with Gasteiger partial charge in [0.2, 0.25) is 0 Å². The van der Waals surface area contributed by atoms with Crippen molar-refractivity contribution in [3.8, 4) is 0 Å². The molecule has 0 nitrogen and oxygen atoms in total. The van der Waals surface area contributed by atoms with Crippen LogP contribution in [-0.2, 0) is 0 Å². The molecule has 2 fully saturated rings. The maximum atomic E-state index is 4.45. The van der Waals surface area contributed by atoms with E-state index in [1.165, 1.54) is 50.5 Å². The van der Waals surface area contributed by atoms with Crippen LogP contribution in [0.5, 0.6) is 0 Å². The number of rotatable bonds is 6. The van der Waals surface area contributed by atoms with Gasteiger partial charge in [-0.1, -0.05) is 67.0 Å². The minimum absolute atomic E-state index is 0.0324. The van der Waals surface area contributed by atoms with E-state index in [2.05, 4.69) is 69.9 Å². The molecule has 0 N–H and O–H groups in total. The standard InChI is InChI=1S/C25H36P2S/c1-6-18-13-14-19(7-2)26(18)24-21-11-9-10-12-23(21)28-25(24)27-20(8-3)15-16-22(27)17(4)5/h9-12,18-20,22H,4,6-8,13-16H2,1-3,5H3/t18-,19-,20-,22+,27?/m1/s1. The Bertz CT molecular complexity index is 826. The molecule has 3 heterocycles. The lowest BCUT2D eigenvalue weighted by atomic mass is 10.1. The molecule has 2 aliphatic rings. The predicted molar refractivity (Wildman–Crippen MR) is 134 cm³/mol. The highest BCUT2D eigenvalue weighted by molar-refractivity contribution is 7.79. The quantitative estimate of drug-likeness (QED) is 0.322. The number of hydrogen-bond donors (Lipinski definition) is 0. The Morgan fingerprint density at radius 3 is 2.11 bits per heavy atom. The van der Waals surface area contributed by atoms with Crippen LogP contribution in [0.4, 0.5) is 0 Å². The largest absolute Gasteiger partial charge is 0.135 e. The zero-order valence-corrected chi connectivity index (χ0v) is 20.7. The molecule has 2 aromatic rings. The van der Waals surface area contributed by atoms with Crippen molar-refractivity contribution in [2.75, 3.05) is 0 Å². The smallest absolute Gasteiger partial charge is 0.0376 e. The number of allylic oxidation sites excluding steroid dienone is 1. The van der Waals surface area contributed by atoms with Crippen molar-refractivity contribution in [2.24, 2.45) is 0 Å². The molecule has 1 unspecified atom stereocenters. The highest BCUT2D eigenvalue weighted by Gasteiger charge is 2.43. The van der Waals surface area contributed by atoms with Crippen molar-refractivity contribution in [3.63, 3.8) is 0 Å². The van der Waals surface area contributed by atoms with E-state index < -0.39 is 0 Å². The van der Waals surface area contributed by atoms with E-state index in [4.69, 9.17) is 0 Å². The van der Waals surface area contributed by atoms with Crippen LogP contribution < -0.4 is 9.92 Å². The number of hydrogen-bond acceptors (Lipinski definition) is 1. The van der Waals surface area contributed by atoms with E-state index in [1.54, 1.807) is 10.1 Å².